The van der Waals surface area contributed by atoms with Gasteiger partial charge >= 0.3 is 6.09 Å². The number of hydrogen-bond acceptors (Lipinski definition) is 3. The highest BCUT2D eigenvalue weighted by Crippen LogP contribution is 2.23. The van der Waals surface area contributed by atoms with Gasteiger partial charge in [0.25, 0.3) is 0 Å². The molecule has 0 saturated heterocycles. The van der Waals surface area contributed by atoms with E-state index in [-0.39, 0.29) is 24.2 Å². The number of benzene rings is 1. The lowest BCUT2D eigenvalue weighted by Gasteiger charge is -2.19. The van der Waals surface area contributed by atoms with E-state index < -0.39 is 23.3 Å². The summed E-state index contributed by atoms with van der Waals surface area (Å²) < 4.78 is 31.7. The van der Waals surface area contributed by atoms with Crippen molar-refractivity contribution in [1.82, 2.24) is 10.6 Å². The van der Waals surface area contributed by atoms with Crippen LogP contribution in [0.1, 0.15) is 32.8 Å². The minimum atomic E-state index is -0.853. The molecule has 1 aliphatic rings. The van der Waals surface area contributed by atoms with Crippen molar-refractivity contribution in [3.8, 4) is 0 Å². The second kappa shape index (κ2) is 5.97. The van der Waals surface area contributed by atoms with Crippen LogP contribution in [-0.4, -0.2) is 23.8 Å². The molecule has 0 aromatic heterocycles. The van der Waals surface area contributed by atoms with Crippen molar-refractivity contribution in [3.63, 3.8) is 0 Å². The Kier molecular flexibility index (Phi) is 4.46. The fraction of sp³-hybridized carbons (Fsp3) is 0.533. The summed E-state index contributed by atoms with van der Waals surface area (Å²) in [6, 6.07) is 4.11. The van der Waals surface area contributed by atoms with E-state index in [2.05, 4.69) is 10.6 Å². The highest BCUT2D eigenvalue weighted by molar-refractivity contribution is 5.68. The van der Waals surface area contributed by atoms with E-state index in [1.165, 1.54) is 12.1 Å². The zero-order valence-corrected chi connectivity index (χ0v) is 12.4. The molecule has 1 aromatic rings. The Labute approximate surface area is 122 Å². The maximum atomic E-state index is 13.5. The number of rotatable bonds is 4. The second-order valence-electron chi connectivity index (χ2n) is 6.19. The van der Waals surface area contributed by atoms with Crippen LogP contribution in [0.4, 0.5) is 13.6 Å². The molecule has 1 amide bonds. The standard InChI is InChI=1S/C15H20F2N2O2/c1-15(2,3)21-14(20)19-12-7-11(12)18-8-9-5-4-6-10(16)13(9)17/h4-6,11-12,18H,7-8H2,1-3H3,(H,19,20). The molecule has 1 aromatic carbocycles. The molecule has 116 valence electrons. The molecule has 4 nitrogen and oxygen atoms in total. The van der Waals surface area contributed by atoms with Crippen LogP contribution in [-0.2, 0) is 11.3 Å². The molecule has 1 aliphatic carbocycles. The Morgan fingerprint density at radius 2 is 2.05 bits per heavy atom. The van der Waals surface area contributed by atoms with Gasteiger partial charge < -0.3 is 15.4 Å². The third-order valence-electron chi connectivity index (χ3n) is 3.08. The van der Waals surface area contributed by atoms with Gasteiger partial charge in [0.05, 0.1) is 0 Å². The number of nitrogens with one attached hydrogen (secondary N) is 2. The Hall–Kier alpha value is -1.69. The molecule has 6 heteroatoms. The predicted octanol–water partition coefficient (Wildman–Crippen LogP) is 2.72. The van der Waals surface area contributed by atoms with Crippen LogP contribution in [0, 0.1) is 11.6 Å². The quantitative estimate of drug-likeness (QED) is 0.898. The zero-order valence-electron chi connectivity index (χ0n) is 12.4. The Morgan fingerprint density at radius 1 is 1.33 bits per heavy atom. The van der Waals surface area contributed by atoms with Crippen molar-refractivity contribution in [2.24, 2.45) is 0 Å². The number of carbonyl (C=O) groups excluding carboxylic acids is 1. The summed E-state index contributed by atoms with van der Waals surface area (Å²) in [6.07, 6.45) is 0.282. The van der Waals surface area contributed by atoms with Crippen LogP contribution in [0.2, 0.25) is 0 Å². The first kappa shape index (κ1) is 15.7. The largest absolute Gasteiger partial charge is 0.444 e. The lowest BCUT2D eigenvalue weighted by atomic mass is 10.2. The third-order valence-corrected chi connectivity index (χ3v) is 3.08. The summed E-state index contributed by atoms with van der Waals surface area (Å²) in [6.45, 7) is 5.60. The molecule has 21 heavy (non-hydrogen) atoms. The van der Waals surface area contributed by atoms with Crippen LogP contribution < -0.4 is 10.6 Å². The average molecular weight is 298 g/mol. The Balaban J connectivity index is 1.75. The number of carbonyl (C=O) groups is 1. The van der Waals surface area contributed by atoms with E-state index in [0.717, 1.165) is 12.5 Å². The summed E-state index contributed by atoms with van der Waals surface area (Å²) >= 11 is 0. The molecule has 0 spiro atoms. The molecular weight excluding hydrogens is 278 g/mol. The second-order valence-corrected chi connectivity index (χ2v) is 6.19. The van der Waals surface area contributed by atoms with E-state index in [9.17, 15) is 13.6 Å². The molecular formula is C15H20F2N2O2. The van der Waals surface area contributed by atoms with Crippen LogP contribution in [0.3, 0.4) is 0 Å². The van der Waals surface area contributed by atoms with Crippen molar-refractivity contribution < 1.29 is 18.3 Å². The van der Waals surface area contributed by atoms with Gasteiger partial charge in [-0.3, -0.25) is 0 Å². The summed E-state index contributed by atoms with van der Waals surface area (Å²) in [7, 11) is 0. The first-order valence-electron chi connectivity index (χ1n) is 6.92. The van der Waals surface area contributed by atoms with Crippen molar-refractivity contribution >= 4 is 6.09 Å². The molecule has 0 heterocycles. The molecule has 0 aliphatic heterocycles. The molecule has 2 atom stereocenters. The molecule has 2 unspecified atom stereocenters. The first-order chi connectivity index (χ1) is 9.76. The van der Waals surface area contributed by atoms with Crippen molar-refractivity contribution in [2.45, 2.75) is 51.4 Å². The summed E-state index contributed by atoms with van der Waals surface area (Å²) in [5.41, 5.74) is -0.259. The molecule has 2 rings (SSSR count). The van der Waals surface area contributed by atoms with Gasteiger partial charge in [-0.1, -0.05) is 12.1 Å². The van der Waals surface area contributed by atoms with Gasteiger partial charge in [0, 0.05) is 24.2 Å². The van der Waals surface area contributed by atoms with Gasteiger partial charge in [-0.25, -0.2) is 13.6 Å². The number of ether oxygens (including phenoxy) is 1. The summed E-state index contributed by atoms with van der Waals surface area (Å²) in [5.74, 6) is -1.68. The Bertz CT molecular complexity index is 529. The van der Waals surface area contributed by atoms with E-state index in [0.29, 0.717) is 0 Å². The van der Waals surface area contributed by atoms with Crippen LogP contribution >= 0.6 is 0 Å². The van der Waals surface area contributed by atoms with Gasteiger partial charge in [0.1, 0.15) is 5.60 Å². The molecule has 2 N–H and O–H groups in total. The number of hydrogen-bond donors (Lipinski definition) is 2. The highest BCUT2D eigenvalue weighted by Gasteiger charge is 2.39. The predicted molar refractivity (Wildman–Crippen MR) is 74.8 cm³/mol. The van der Waals surface area contributed by atoms with E-state index in [1.807, 2.05) is 0 Å². The summed E-state index contributed by atoms with van der Waals surface area (Å²) in [4.78, 5) is 11.6. The summed E-state index contributed by atoms with van der Waals surface area (Å²) in [5, 5.41) is 5.81. The monoisotopic (exact) mass is 298 g/mol. The minimum Gasteiger partial charge on any atom is -0.444 e. The lowest BCUT2D eigenvalue weighted by Crippen LogP contribution is -2.36. The van der Waals surface area contributed by atoms with Crippen LogP contribution in [0.15, 0.2) is 18.2 Å². The van der Waals surface area contributed by atoms with Gasteiger partial charge in [-0.05, 0) is 33.3 Å². The molecule has 0 radical (unpaired) electrons. The molecule has 1 fully saturated rings. The maximum Gasteiger partial charge on any atom is 0.407 e. The van der Waals surface area contributed by atoms with Crippen molar-refractivity contribution in [1.29, 1.82) is 0 Å². The first-order valence-corrected chi connectivity index (χ1v) is 6.92. The highest BCUT2D eigenvalue weighted by atomic mass is 19.2. The zero-order chi connectivity index (χ0) is 15.6. The number of alkyl carbamates (subject to hydrolysis) is 1. The molecule has 0 bridgehead atoms. The van der Waals surface area contributed by atoms with Crippen molar-refractivity contribution in [2.75, 3.05) is 0 Å². The van der Waals surface area contributed by atoms with E-state index in [1.54, 1.807) is 20.8 Å². The lowest BCUT2D eigenvalue weighted by molar-refractivity contribution is 0.0522. The van der Waals surface area contributed by atoms with Gasteiger partial charge in [0.2, 0.25) is 0 Å². The van der Waals surface area contributed by atoms with Gasteiger partial charge in [-0.2, -0.15) is 0 Å². The van der Waals surface area contributed by atoms with Gasteiger partial charge in [-0.15, -0.1) is 0 Å². The smallest absolute Gasteiger partial charge is 0.407 e. The van der Waals surface area contributed by atoms with Gasteiger partial charge in [0.15, 0.2) is 11.6 Å². The molecule has 1 saturated carbocycles. The van der Waals surface area contributed by atoms with E-state index in [4.69, 9.17) is 4.74 Å². The number of halogens is 2. The normalized spacial score (nSPS) is 21.0. The fourth-order valence-electron chi connectivity index (χ4n) is 1.97. The Morgan fingerprint density at radius 3 is 2.71 bits per heavy atom. The number of amides is 1. The van der Waals surface area contributed by atoms with Crippen molar-refractivity contribution in [3.05, 3.63) is 35.4 Å². The fourth-order valence-corrected chi connectivity index (χ4v) is 1.97. The SMILES string of the molecule is CC(C)(C)OC(=O)NC1CC1NCc1cccc(F)c1F. The third kappa shape index (κ3) is 4.67. The minimum absolute atomic E-state index is 0.0310. The van der Waals surface area contributed by atoms with Crippen LogP contribution in [0.25, 0.3) is 0 Å². The topological polar surface area (TPSA) is 50.4 Å². The maximum absolute atomic E-state index is 13.5. The van der Waals surface area contributed by atoms with E-state index >= 15 is 0 Å². The van der Waals surface area contributed by atoms with Crippen LogP contribution in [0.5, 0.6) is 0 Å². The average Bonchev–Trinajstić information content (AvgIpc) is 3.07.